The Labute approximate surface area is 142 Å². The van der Waals surface area contributed by atoms with Crippen LogP contribution in [0.15, 0.2) is 54.6 Å². The van der Waals surface area contributed by atoms with E-state index in [1.165, 1.54) is 0 Å². The summed E-state index contributed by atoms with van der Waals surface area (Å²) in [5.74, 6) is -0.521. The molecule has 124 valence electrons. The molecule has 2 atom stereocenters. The van der Waals surface area contributed by atoms with Crippen molar-refractivity contribution in [2.45, 2.75) is 31.8 Å². The van der Waals surface area contributed by atoms with Gasteiger partial charge in [0.2, 0.25) is 5.91 Å². The Morgan fingerprint density at radius 3 is 2.33 bits per heavy atom. The van der Waals surface area contributed by atoms with E-state index in [0.29, 0.717) is 5.56 Å². The van der Waals surface area contributed by atoms with E-state index >= 15 is 0 Å². The first-order valence-electron chi connectivity index (χ1n) is 8.22. The minimum absolute atomic E-state index is 0.0454. The van der Waals surface area contributed by atoms with Gasteiger partial charge in [0, 0.05) is 18.7 Å². The molecule has 1 N–H and O–H groups in total. The quantitative estimate of drug-likeness (QED) is 0.944. The van der Waals surface area contributed by atoms with E-state index in [0.717, 1.165) is 11.1 Å². The highest BCUT2D eigenvalue weighted by molar-refractivity contribution is 6.01. The van der Waals surface area contributed by atoms with Gasteiger partial charge in [0.25, 0.3) is 5.91 Å². The molecule has 0 aliphatic carbocycles. The van der Waals surface area contributed by atoms with E-state index in [-0.39, 0.29) is 23.9 Å². The van der Waals surface area contributed by atoms with Gasteiger partial charge >= 0.3 is 0 Å². The third kappa shape index (κ3) is 2.80. The maximum Gasteiger partial charge on any atom is 0.254 e. The molecule has 4 heteroatoms. The van der Waals surface area contributed by atoms with Gasteiger partial charge in [-0.15, -0.1) is 0 Å². The van der Waals surface area contributed by atoms with Crippen LogP contribution in [0.1, 0.15) is 47.3 Å². The van der Waals surface area contributed by atoms with E-state index in [1.807, 2.05) is 62.4 Å². The topological polar surface area (TPSA) is 49.4 Å². The molecule has 2 unspecified atom stereocenters. The third-order valence-corrected chi connectivity index (χ3v) is 4.43. The lowest BCUT2D eigenvalue weighted by Gasteiger charge is -2.40. The lowest BCUT2D eigenvalue weighted by molar-refractivity contribution is -0.124. The number of hydrogen-bond donors (Lipinski definition) is 1. The highest BCUT2D eigenvalue weighted by atomic mass is 16.2. The predicted molar refractivity (Wildman–Crippen MR) is 93.7 cm³/mol. The van der Waals surface area contributed by atoms with E-state index in [1.54, 1.807) is 18.0 Å². The second kappa shape index (κ2) is 6.48. The van der Waals surface area contributed by atoms with Gasteiger partial charge in [-0.05, 0) is 31.0 Å². The van der Waals surface area contributed by atoms with Gasteiger partial charge in [-0.3, -0.25) is 9.59 Å². The number of likely N-dealkylation sites (N-methyl/N-ethyl adjacent to an activating group) is 1. The number of nitrogens with one attached hydrogen (secondary N) is 1. The fourth-order valence-corrected chi connectivity index (χ4v) is 3.40. The number of nitrogens with zero attached hydrogens (tertiary/aromatic N) is 1. The van der Waals surface area contributed by atoms with Gasteiger partial charge in [-0.25, -0.2) is 0 Å². The standard InChI is InChI=1S/C20H22N2O2/c1-13(2)21-19(23)17-15-11-7-8-12-16(15)20(24)22(3)18(17)14-9-5-4-6-10-14/h4-13,17-18H,1-3H3,(H,21,23). The zero-order chi connectivity index (χ0) is 17.3. The molecule has 0 spiro atoms. The van der Waals surface area contributed by atoms with Crippen molar-refractivity contribution in [3.63, 3.8) is 0 Å². The molecule has 0 fully saturated rings. The van der Waals surface area contributed by atoms with Crippen molar-refractivity contribution in [2.24, 2.45) is 0 Å². The number of fused-ring (bicyclic) bond motifs is 1. The summed E-state index contributed by atoms with van der Waals surface area (Å²) in [4.78, 5) is 27.4. The average Bonchev–Trinajstić information content (AvgIpc) is 2.58. The van der Waals surface area contributed by atoms with Crippen LogP contribution in [-0.2, 0) is 4.79 Å². The van der Waals surface area contributed by atoms with Crippen LogP contribution in [0.25, 0.3) is 0 Å². The van der Waals surface area contributed by atoms with Crippen molar-refractivity contribution < 1.29 is 9.59 Å². The molecule has 0 aromatic heterocycles. The van der Waals surface area contributed by atoms with Gasteiger partial charge < -0.3 is 10.2 Å². The summed E-state index contributed by atoms with van der Waals surface area (Å²) in [6, 6.07) is 16.9. The Kier molecular flexibility index (Phi) is 4.38. The van der Waals surface area contributed by atoms with Crippen LogP contribution in [0.5, 0.6) is 0 Å². The second-order valence-electron chi connectivity index (χ2n) is 6.50. The Morgan fingerprint density at radius 1 is 1.04 bits per heavy atom. The first-order chi connectivity index (χ1) is 11.5. The number of hydrogen-bond acceptors (Lipinski definition) is 2. The Morgan fingerprint density at radius 2 is 1.67 bits per heavy atom. The first kappa shape index (κ1) is 16.2. The highest BCUT2D eigenvalue weighted by Crippen LogP contribution is 2.41. The molecule has 0 saturated carbocycles. The van der Waals surface area contributed by atoms with Crippen LogP contribution in [0.4, 0.5) is 0 Å². The summed E-state index contributed by atoms with van der Waals surface area (Å²) < 4.78 is 0. The summed E-state index contributed by atoms with van der Waals surface area (Å²) in [5, 5.41) is 3.01. The second-order valence-corrected chi connectivity index (χ2v) is 6.50. The van der Waals surface area contributed by atoms with E-state index in [2.05, 4.69) is 5.32 Å². The molecular weight excluding hydrogens is 300 g/mol. The number of carbonyl (C=O) groups excluding carboxylic acids is 2. The zero-order valence-corrected chi connectivity index (χ0v) is 14.2. The summed E-state index contributed by atoms with van der Waals surface area (Å²) in [6.07, 6.45) is 0. The number of carbonyl (C=O) groups is 2. The van der Waals surface area contributed by atoms with Crippen LogP contribution in [0.3, 0.4) is 0 Å². The van der Waals surface area contributed by atoms with Gasteiger partial charge in [-0.1, -0.05) is 48.5 Å². The Hall–Kier alpha value is -2.62. The number of rotatable bonds is 3. The van der Waals surface area contributed by atoms with Gasteiger partial charge in [0.15, 0.2) is 0 Å². The monoisotopic (exact) mass is 322 g/mol. The molecule has 1 heterocycles. The average molecular weight is 322 g/mol. The van der Waals surface area contributed by atoms with Crippen molar-refractivity contribution in [1.29, 1.82) is 0 Å². The molecule has 1 aliphatic rings. The first-order valence-corrected chi connectivity index (χ1v) is 8.22. The Bertz CT molecular complexity index is 755. The molecule has 3 rings (SSSR count). The molecule has 2 aromatic carbocycles. The predicted octanol–water partition coefficient (Wildman–Crippen LogP) is 3.12. The minimum Gasteiger partial charge on any atom is -0.353 e. The fourth-order valence-electron chi connectivity index (χ4n) is 3.40. The molecule has 24 heavy (non-hydrogen) atoms. The van der Waals surface area contributed by atoms with Crippen molar-refractivity contribution >= 4 is 11.8 Å². The molecule has 0 radical (unpaired) electrons. The van der Waals surface area contributed by atoms with E-state index < -0.39 is 5.92 Å². The molecule has 2 amide bonds. The SMILES string of the molecule is CC(C)NC(=O)C1c2ccccc2C(=O)N(C)C1c1ccccc1. The zero-order valence-electron chi connectivity index (χ0n) is 14.2. The molecular formula is C20H22N2O2. The summed E-state index contributed by atoms with van der Waals surface area (Å²) in [7, 11) is 1.77. The molecule has 0 bridgehead atoms. The van der Waals surface area contributed by atoms with Gasteiger partial charge in [0.1, 0.15) is 0 Å². The molecule has 2 aromatic rings. The number of amides is 2. The van der Waals surface area contributed by atoms with Crippen molar-refractivity contribution in [2.75, 3.05) is 7.05 Å². The van der Waals surface area contributed by atoms with Crippen molar-refractivity contribution in [3.05, 3.63) is 71.3 Å². The minimum atomic E-state index is -0.423. The Balaban J connectivity index is 2.15. The molecule has 0 saturated heterocycles. The lowest BCUT2D eigenvalue weighted by Crippen LogP contribution is -2.46. The normalized spacial score (nSPS) is 20.0. The van der Waals surface area contributed by atoms with Crippen molar-refractivity contribution in [3.8, 4) is 0 Å². The summed E-state index contributed by atoms with van der Waals surface area (Å²) >= 11 is 0. The van der Waals surface area contributed by atoms with Crippen LogP contribution in [-0.4, -0.2) is 29.8 Å². The smallest absolute Gasteiger partial charge is 0.254 e. The summed E-state index contributed by atoms with van der Waals surface area (Å²) in [6.45, 7) is 3.89. The maximum atomic E-state index is 13.0. The van der Waals surface area contributed by atoms with Gasteiger partial charge in [0.05, 0.1) is 12.0 Å². The largest absolute Gasteiger partial charge is 0.353 e. The van der Waals surface area contributed by atoms with E-state index in [4.69, 9.17) is 0 Å². The maximum absolute atomic E-state index is 13.0. The summed E-state index contributed by atoms with van der Waals surface area (Å²) in [5.41, 5.74) is 2.37. The van der Waals surface area contributed by atoms with Crippen LogP contribution >= 0.6 is 0 Å². The molecule has 1 aliphatic heterocycles. The fraction of sp³-hybridized carbons (Fsp3) is 0.300. The van der Waals surface area contributed by atoms with Crippen LogP contribution in [0, 0.1) is 0 Å². The highest BCUT2D eigenvalue weighted by Gasteiger charge is 2.42. The third-order valence-electron chi connectivity index (χ3n) is 4.43. The van der Waals surface area contributed by atoms with Gasteiger partial charge in [-0.2, -0.15) is 0 Å². The van der Waals surface area contributed by atoms with Crippen molar-refractivity contribution in [1.82, 2.24) is 10.2 Å². The lowest BCUT2D eigenvalue weighted by atomic mass is 9.79. The van der Waals surface area contributed by atoms with E-state index in [9.17, 15) is 9.59 Å². The van der Waals surface area contributed by atoms with Crippen LogP contribution in [0.2, 0.25) is 0 Å². The molecule has 4 nitrogen and oxygen atoms in total. The van der Waals surface area contributed by atoms with Crippen LogP contribution < -0.4 is 5.32 Å². The number of benzene rings is 2.